The van der Waals surface area contributed by atoms with E-state index in [0.717, 1.165) is 0 Å². The van der Waals surface area contributed by atoms with Gasteiger partial charge in [0.1, 0.15) is 11.4 Å². The van der Waals surface area contributed by atoms with Crippen molar-refractivity contribution in [1.29, 1.82) is 5.26 Å². The molecule has 0 radical (unpaired) electrons. The number of esters is 1. The Labute approximate surface area is 126 Å². The van der Waals surface area contributed by atoms with Crippen LogP contribution in [0.5, 0.6) is 0 Å². The average Bonchev–Trinajstić information content (AvgIpc) is 2.83. The molecular weight excluding hydrogens is 288 g/mol. The summed E-state index contributed by atoms with van der Waals surface area (Å²) >= 11 is 1.27. The molecule has 1 aromatic heterocycles. The number of aromatic nitrogens is 1. The maximum Gasteiger partial charge on any atom is 0.342 e. The molecule has 3 N–H and O–H groups in total. The monoisotopic (exact) mass is 302 g/mol. The molecule has 1 aromatic carbocycles. The molecule has 0 amide bonds. The minimum absolute atomic E-state index is 0.255. The molecule has 0 saturated heterocycles. The van der Waals surface area contributed by atoms with E-state index in [1.807, 2.05) is 6.07 Å². The number of carbonyl (C=O) groups excluding carboxylic acids is 1. The molecule has 0 saturated carbocycles. The van der Waals surface area contributed by atoms with E-state index in [9.17, 15) is 4.79 Å². The second-order valence-electron chi connectivity index (χ2n) is 4.10. The molecule has 0 spiro atoms. The summed E-state index contributed by atoms with van der Waals surface area (Å²) in [6.07, 6.45) is 1.79. The van der Waals surface area contributed by atoms with Crippen molar-refractivity contribution < 1.29 is 9.53 Å². The minimum atomic E-state index is -0.494. The number of rotatable bonds is 3. The van der Waals surface area contributed by atoms with E-state index in [2.05, 4.69) is 9.98 Å². The average molecular weight is 302 g/mol. The number of H-pyrrole nitrogens is 1. The van der Waals surface area contributed by atoms with Crippen LogP contribution < -0.4 is 5.73 Å². The number of thioether (sulfide) groups is 1. The van der Waals surface area contributed by atoms with Gasteiger partial charge >= 0.3 is 5.97 Å². The number of nitrogens with zero attached hydrogens (tertiary/aromatic N) is 2. The van der Waals surface area contributed by atoms with E-state index in [1.165, 1.54) is 11.8 Å². The predicted molar refractivity (Wildman–Crippen MR) is 83.8 cm³/mol. The first-order valence-corrected chi connectivity index (χ1v) is 7.44. The highest BCUT2D eigenvalue weighted by atomic mass is 32.2. The zero-order valence-corrected chi connectivity index (χ0v) is 12.5. The van der Waals surface area contributed by atoms with Gasteiger partial charge in [0, 0.05) is 10.9 Å². The van der Waals surface area contributed by atoms with Gasteiger partial charge in [-0.3, -0.25) is 0 Å². The summed E-state index contributed by atoms with van der Waals surface area (Å²) in [6, 6.07) is 7.07. The number of nitrogens with two attached hydrogens (primary N) is 1. The number of nitriles is 1. The fourth-order valence-corrected chi connectivity index (χ4v) is 2.08. The number of carbonyl (C=O) groups is 1. The molecule has 6 nitrogen and oxygen atoms in total. The van der Waals surface area contributed by atoms with E-state index >= 15 is 0 Å². The molecule has 0 unspecified atom stereocenters. The van der Waals surface area contributed by atoms with Gasteiger partial charge in [-0.25, -0.2) is 9.79 Å². The number of amidine groups is 1. The van der Waals surface area contributed by atoms with Crippen molar-refractivity contribution in [1.82, 2.24) is 4.98 Å². The van der Waals surface area contributed by atoms with Gasteiger partial charge in [-0.2, -0.15) is 5.26 Å². The summed E-state index contributed by atoms with van der Waals surface area (Å²) in [5.41, 5.74) is 7.16. The number of nitrogens with one attached hydrogen (secondary N) is 1. The molecular formula is C14H14N4O2S. The third-order valence-corrected chi connectivity index (χ3v) is 3.33. The number of hydrogen-bond acceptors (Lipinski definition) is 5. The van der Waals surface area contributed by atoms with Gasteiger partial charge < -0.3 is 15.5 Å². The van der Waals surface area contributed by atoms with Gasteiger partial charge in [0.15, 0.2) is 5.17 Å². The molecule has 108 valence electrons. The largest absolute Gasteiger partial charge is 0.462 e. The molecule has 2 aromatic rings. The maximum absolute atomic E-state index is 12.2. The standard InChI is InChI=1S/C14H14N4O2S/c1-3-20-13(19)11-9-6-8(7-15)4-5-10(9)17-12(11)18-14(16)21-2/h4-6,17H,3H2,1-2H3,(H2,16,18). The number of aromatic amines is 1. The van der Waals surface area contributed by atoms with Crippen molar-refractivity contribution in [2.24, 2.45) is 10.7 Å². The van der Waals surface area contributed by atoms with Gasteiger partial charge in [0.05, 0.1) is 18.2 Å². The van der Waals surface area contributed by atoms with E-state index in [4.69, 9.17) is 15.7 Å². The first-order valence-electron chi connectivity index (χ1n) is 6.21. The second kappa shape index (κ2) is 6.33. The van der Waals surface area contributed by atoms with Crippen molar-refractivity contribution in [3.63, 3.8) is 0 Å². The smallest absolute Gasteiger partial charge is 0.342 e. The molecule has 0 aliphatic heterocycles. The Balaban J connectivity index is 2.70. The van der Waals surface area contributed by atoms with Crippen LogP contribution in [-0.4, -0.2) is 29.0 Å². The van der Waals surface area contributed by atoms with Crippen LogP contribution in [0.4, 0.5) is 5.82 Å². The molecule has 7 heteroatoms. The Morgan fingerprint density at radius 1 is 1.57 bits per heavy atom. The van der Waals surface area contributed by atoms with Gasteiger partial charge in [-0.1, -0.05) is 11.8 Å². The Morgan fingerprint density at radius 3 is 2.95 bits per heavy atom. The molecule has 21 heavy (non-hydrogen) atoms. The summed E-state index contributed by atoms with van der Waals surface area (Å²) in [4.78, 5) is 19.4. The molecule has 0 bridgehead atoms. The van der Waals surface area contributed by atoms with Crippen LogP contribution in [0.3, 0.4) is 0 Å². The van der Waals surface area contributed by atoms with Crippen molar-refractivity contribution in [2.45, 2.75) is 6.92 Å². The first kappa shape index (κ1) is 14.9. The van der Waals surface area contributed by atoms with Gasteiger partial charge in [-0.15, -0.1) is 0 Å². The van der Waals surface area contributed by atoms with Crippen molar-refractivity contribution in [3.05, 3.63) is 29.3 Å². The summed E-state index contributed by atoms with van der Waals surface area (Å²) < 4.78 is 5.07. The number of benzene rings is 1. The summed E-state index contributed by atoms with van der Waals surface area (Å²) in [7, 11) is 0. The Bertz CT molecular complexity index is 758. The van der Waals surface area contributed by atoms with Crippen molar-refractivity contribution in [3.8, 4) is 6.07 Å². The first-order chi connectivity index (χ1) is 10.1. The summed E-state index contributed by atoms with van der Waals surface area (Å²) in [6.45, 7) is 1.98. The van der Waals surface area contributed by atoms with Crippen LogP contribution in [0.15, 0.2) is 23.2 Å². The number of aliphatic imine (C=N–C) groups is 1. The number of hydrogen-bond donors (Lipinski definition) is 2. The Kier molecular flexibility index (Phi) is 4.50. The Morgan fingerprint density at radius 2 is 2.33 bits per heavy atom. The lowest BCUT2D eigenvalue weighted by atomic mass is 10.1. The number of ether oxygens (including phenoxy) is 1. The van der Waals surface area contributed by atoms with Crippen LogP contribution in [0, 0.1) is 11.3 Å². The van der Waals surface area contributed by atoms with Crippen LogP contribution >= 0.6 is 11.8 Å². The lowest BCUT2D eigenvalue weighted by Gasteiger charge is -2.02. The van der Waals surface area contributed by atoms with Crippen LogP contribution in [0.25, 0.3) is 10.9 Å². The second-order valence-corrected chi connectivity index (χ2v) is 4.92. The molecule has 0 fully saturated rings. The van der Waals surface area contributed by atoms with E-state index in [1.54, 1.807) is 31.4 Å². The lowest BCUT2D eigenvalue weighted by molar-refractivity contribution is 0.0530. The van der Waals surface area contributed by atoms with Crippen molar-refractivity contribution >= 4 is 39.6 Å². The van der Waals surface area contributed by atoms with Gasteiger partial charge in [-0.05, 0) is 31.4 Å². The highest BCUT2D eigenvalue weighted by Crippen LogP contribution is 2.30. The third kappa shape index (κ3) is 3.01. The topological polar surface area (TPSA) is 104 Å². The zero-order valence-electron chi connectivity index (χ0n) is 11.6. The van der Waals surface area contributed by atoms with Crippen LogP contribution in [-0.2, 0) is 4.74 Å². The SMILES string of the molecule is CCOC(=O)c1c(/N=C(/N)SC)[nH]c2ccc(C#N)cc12. The summed E-state index contributed by atoms with van der Waals surface area (Å²) in [5.74, 6) is -0.156. The minimum Gasteiger partial charge on any atom is -0.462 e. The normalized spacial score (nSPS) is 11.4. The van der Waals surface area contributed by atoms with Crippen molar-refractivity contribution in [2.75, 3.05) is 12.9 Å². The van der Waals surface area contributed by atoms with Gasteiger partial charge in [0.25, 0.3) is 0 Å². The quantitative estimate of drug-likeness (QED) is 0.515. The highest BCUT2D eigenvalue weighted by Gasteiger charge is 2.20. The van der Waals surface area contributed by atoms with Crippen LogP contribution in [0.2, 0.25) is 0 Å². The van der Waals surface area contributed by atoms with E-state index in [0.29, 0.717) is 33.0 Å². The van der Waals surface area contributed by atoms with Crippen LogP contribution in [0.1, 0.15) is 22.8 Å². The zero-order chi connectivity index (χ0) is 15.4. The fraction of sp³-hybridized carbons (Fsp3) is 0.214. The molecule has 1 heterocycles. The molecule has 2 rings (SSSR count). The Hall–Kier alpha value is -2.46. The van der Waals surface area contributed by atoms with Gasteiger partial charge in [0.2, 0.25) is 0 Å². The van der Waals surface area contributed by atoms with E-state index < -0.39 is 5.97 Å². The third-order valence-electron chi connectivity index (χ3n) is 2.82. The molecule has 0 aliphatic rings. The summed E-state index contributed by atoms with van der Waals surface area (Å²) in [5, 5.41) is 9.92. The van der Waals surface area contributed by atoms with E-state index in [-0.39, 0.29) is 6.61 Å². The lowest BCUT2D eigenvalue weighted by Crippen LogP contribution is -2.07. The highest BCUT2D eigenvalue weighted by molar-refractivity contribution is 8.13. The maximum atomic E-state index is 12.2. The molecule has 0 atom stereocenters. The predicted octanol–water partition coefficient (Wildman–Crippen LogP) is 2.53. The fourth-order valence-electron chi connectivity index (χ4n) is 1.90. The number of fused-ring (bicyclic) bond motifs is 1. The molecule has 0 aliphatic carbocycles.